The van der Waals surface area contributed by atoms with Crippen LogP contribution in [0, 0.1) is 25.7 Å². The number of aryl methyl sites for hydroxylation is 2. The lowest BCUT2D eigenvalue weighted by Crippen LogP contribution is -2.11. The predicted octanol–water partition coefficient (Wildman–Crippen LogP) is 6.91. The van der Waals surface area contributed by atoms with E-state index < -0.39 is 5.95 Å². The van der Waals surface area contributed by atoms with E-state index in [-0.39, 0.29) is 11.7 Å². The summed E-state index contributed by atoms with van der Waals surface area (Å²) in [7, 11) is 0. The molecular formula is C26H31F2N3. The van der Waals surface area contributed by atoms with Crippen LogP contribution < -0.4 is 5.32 Å². The summed E-state index contributed by atoms with van der Waals surface area (Å²) in [6, 6.07) is 5.42. The van der Waals surface area contributed by atoms with Crippen molar-refractivity contribution in [2.24, 2.45) is 5.92 Å². The van der Waals surface area contributed by atoms with Crippen molar-refractivity contribution in [2.45, 2.75) is 41.0 Å². The van der Waals surface area contributed by atoms with E-state index in [4.69, 9.17) is 0 Å². The van der Waals surface area contributed by atoms with Gasteiger partial charge in [-0.3, -0.25) is 4.98 Å². The largest absolute Gasteiger partial charge is 0.366 e. The maximum atomic E-state index is 14.7. The molecule has 0 radical (unpaired) electrons. The Balaban J connectivity index is 2.14. The number of hydrogen-bond donors (Lipinski definition) is 1. The molecule has 5 heteroatoms. The number of rotatable bonds is 9. The van der Waals surface area contributed by atoms with Crippen LogP contribution in [-0.4, -0.2) is 16.5 Å². The lowest BCUT2D eigenvalue weighted by Gasteiger charge is -2.16. The molecule has 0 unspecified atom stereocenters. The molecule has 0 bridgehead atoms. The summed E-state index contributed by atoms with van der Waals surface area (Å²) < 4.78 is 28.5. The van der Waals surface area contributed by atoms with Gasteiger partial charge in [0, 0.05) is 30.4 Å². The third-order valence-corrected chi connectivity index (χ3v) is 5.09. The molecule has 0 saturated heterocycles. The third-order valence-electron chi connectivity index (χ3n) is 5.09. The Kier molecular flexibility index (Phi) is 8.43. The molecule has 0 aliphatic carbocycles. The average Bonchev–Trinajstić information content (AvgIpc) is 2.73. The number of aromatic nitrogens is 2. The normalized spacial score (nSPS) is 12.3. The molecule has 2 heterocycles. The van der Waals surface area contributed by atoms with Crippen molar-refractivity contribution in [3.05, 3.63) is 95.0 Å². The van der Waals surface area contributed by atoms with Gasteiger partial charge in [-0.05, 0) is 72.7 Å². The standard InChI is InChI=1S/C26H31F2N3/c1-8-23(27)13-22(19(6)16(2)3)15-30-25-10-9-21(26(28)31-25)12-18(5)24-11-17(4)14-29-20(24)7/h8-11,13-14,16H,5-6,12,15H2,1-4,7H3,(H,30,31)/b22-13-,23-8+. The van der Waals surface area contributed by atoms with Gasteiger partial charge in [-0.15, -0.1) is 0 Å². The summed E-state index contributed by atoms with van der Waals surface area (Å²) in [6.07, 6.45) is 4.97. The van der Waals surface area contributed by atoms with Crippen LogP contribution in [0.15, 0.2) is 66.7 Å². The molecule has 31 heavy (non-hydrogen) atoms. The van der Waals surface area contributed by atoms with Crippen molar-refractivity contribution in [3.63, 3.8) is 0 Å². The summed E-state index contributed by atoms with van der Waals surface area (Å²) in [6.45, 7) is 17.9. The smallest absolute Gasteiger partial charge is 0.218 e. The molecule has 0 spiro atoms. The van der Waals surface area contributed by atoms with Crippen LogP contribution in [0.1, 0.15) is 43.2 Å². The Morgan fingerprint density at radius 3 is 2.55 bits per heavy atom. The minimum absolute atomic E-state index is 0.162. The molecule has 0 aliphatic rings. The number of pyridine rings is 2. The van der Waals surface area contributed by atoms with Crippen LogP contribution >= 0.6 is 0 Å². The van der Waals surface area contributed by atoms with Crippen molar-refractivity contribution in [2.75, 3.05) is 11.9 Å². The first-order chi connectivity index (χ1) is 14.6. The van der Waals surface area contributed by atoms with Crippen LogP contribution in [0.25, 0.3) is 5.57 Å². The zero-order valence-electron chi connectivity index (χ0n) is 19.0. The van der Waals surface area contributed by atoms with Crippen molar-refractivity contribution in [1.82, 2.24) is 9.97 Å². The Bertz CT molecular complexity index is 1030. The van der Waals surface area contributed by atoms with Gasteiger partial charge >= 0.3 is 0 Å². The first kappa shape index (κ1) is 24.2. The van der Waals surface area contributed by atoms with Crippen molar-refractivity contribution in [3.8, 4) is 0 Å². The van der Waals surface area contributed by atoms with Crippen molar-refractivity contribution < 1.29 is 8.78 Å². The molecule has 2 rings (SSSR count). The molecule has 2 aromatic rings. The summed E-state index contributed by atoms with van der Waals surface area (Å²) >= 11 is 0. The highest BCUT2D eigenvalue weighted by Crippen LogP contribution is 2.24. The molecule has 0 atom stereocenters. The summed E-state index contributed by atoms with van der Waals surface area (Å²) in [4.78, 5) is 8.38. The summed E-state index contributed by atoms with van der Waals surface area (Å²) in [5, 5.41) is 3.07. The van der Waals surface area contributed by atoms with E-state index in [9.17, 15) is 8.78 Å². The zero-order valence-corrected chi connectivity index (χ0v) is 19.0. The number of halogens is 2. The predicted molar refractivity (Wildman–Crippen MR) is 126 cm³/mol. The monoisotopic (exact) mass is 423 g/mol. The molecule has 0 aliphatic heterocycles. The molecule has 1 N–H and O–H groups in total. The van der Waals surface area contributed by atoms with E-state index in [0.29, 0.717) is 29.9 Å². The van der Waals surface area contributed by atoms with Gasteiger partial charge in [0.1, 0.15) is 11.6 Å². The topological polar surface area (TPSA) is 37.8 Å². The van der Waals surface area contributed by atoms with E-state index in [1.807, 2.05) is 33.8 Å². The van der Waals surface area contributed by atoms with Gasteiger partial charge < -0.3 is 5.32 Å². The van der Waals surface area contributed by atoms with Gasteiger partial charge in [-0.1, -0.05) is 39.1 Å². The number of nitrogens with zero attached hydrogens (tertiary/aromatic N) is 2. The first-order valence-electron chi connectivity index (χ1n) is 10.3. The minimum Gasteiger partial charge on any atom is -0.366 e. The Labute approximate surface area is 184 Å². The van der Waals surface area contributed by atoms with Crippen molar-refractivity contribution in [1.29, 1.82) is 0 Å². The number of anilines is 1. The van der Waals surface area contributed by atoms with E-state index in [0.717, 1.165) is 28.0 Å². The molecule has 2 aromatic heterocycles. The first-order valence-corrected chi connectivity index (χ1v) is 10.3. The van der Waals surface area contributed by atoms with E-state index >= 15 is 0 Å². The van der Waals surface area contributed by atoms with Gasteiger partial charge in [-0.2, -0.15) is 4.39 Å². The Morgan fingerprint density at radius 2 is 1.94 bits per heavy atom. The van der Waals surface area contributed by atoms with E-state index in [2.05, 4.69) is 28.4 Å². The quantitative estimate of drug-likeness (QED) is 0.352. The lowest BCUT2D eigenvalue weighted by molar-refractivity contribution is 0.573. The second-order valence-electron chi connectivity index (χ2n) is 7.95. The van der Waals surface area contributed by atoms with Crippen LogP contribution in [-0.2, 0) is 6.42 Å². The Morgan fingerprint density at radius 1 is 1.23 bits per heavy atom. The third kappa shape index (κ3) is 6.71. The second kappa shape index (κ2) is 10.8. The van der Waals surface area contributed by atoms with Crippen LogP contribution in [0.5, 0.6) is 0 Å². The van der Waals surface area contributed by atoms with Gasteiger partial charge in [0.25, 0.3) is 0 Å². The minimum atomic E-state index is -0.558. The maximum Gasteiger partial charge on any atom is 0.218 e. The molecule has 0 saturated carbocycles. The van der Waals surface area contributed by atoms with Gasteiger partial charge in [0.15, 0.2) is 0 Å². The van der Waals surface area contributed by atoms with E-state index in [1.165, 1.54) is 12.2 Å². The van der Waals surface area contributed by atoms with Gasteiger partial charge in [-0.25, -0.2) is 9.37 Å². The number of allylic oxidation sites excluding steroid dienone is 4. The summed E-state index contributed by atoms with van der Waals surface area (Å²) in [5.41, 5.74) is 5.60. The fraction of sp³-hybridized carbons (Fsp3) is 0.308. The zero-order chi connectivity index (χ0) is 23.1. The maximum absolute atomic E-state index is 14.7. The van der Waals surface area contributed by atoms with E-state index in [1.54, 1.807) is 25.3 Å². The van der Waals surface area contributed by atoms with Crippen LogP contribution in [0.3, 0.4) is 0 Å². The van der Waals surface area contributed by atoms with Gasteiger partial charge in [0.05, 0.1) is 0 Å². The highest BCUT2D eigenvalue weighted by molar-refractivity contribution is 5.67. The average molecular weight is 424 g/mol. The number of hydrogen-bond acceptors (Lipinski definition) is 3. The van der Waals surface area contributed by atoms with Crippen LogP contribution in [0.4, 0.5) is 14.6 Å². The lowest BCUT2D eigenvalue weighted by atomic mass is 9.96. The molecule has 164 valence electrons. The number of nitrogens with one attached hydrogen (secondary N) is 1. The molecule has 3 nitrogen and oxygen atoms in total. The fourth-order valence-corrected chi connectivity index (χ4v) is 3.08. The molecule has 0 aromatic carbocycles. The fourth-order valence-electron chi connectivity index (χ4n) is 3.08. The highest BCUT2D eigenvalue weighted by atomic mass is 19.1. The SMILES string of the molecule is C=C(Cc1ccc(NC/C(=C/C(F)=C\C)C(=C)C(C)C)nc1F)c1cc(C)cnc1C. The molecule has 0 fully saturated rings. The highest BCUT2D eigenvalue weighted by Gasteiger charge is 2.12. The second-order valence-corrected chi connectivity index (χ2v) is 7.95. The Hall–Kier alpha value is -3.08. The van der Waals surface area contributed by atoms with Crippen molar-refractivity contribution >= 4 is 11.4 Å². The summed E-state index contributed by atoms with van der Waals surface area (Å²) in [5.74, 6) is -0.358. The van der Waals surface area contributed by atoms with Gasteiger partial charge in [0.2, 0.25) is 5.95 Å². The van der Waals surface area contributed by atoms with Crippen LogP contribution in [0.2, 0.25) is 0 Å². The molecule has 0 amide bonds. The molecular weight excluding hydrogens is 392 g/mol.